The number of carbonyl (C=O) groups excluding carboxylic acids is 1. The Balaban J connectivity index is 2.41. The van der Waals surface area contributed by atoms with E-state index < -0.39 is 31.1 Å². The molecule has 1 fully saturated rings. The zero-order chi connectivity index (χ0) is 21.7. The maximum absolute atomic E-state index is 14.4. The average molecular weight is 417 g/mol. The lowest BCUT2D eigenvalue weighted by Crippen LogP contribution is -2.48. The molecule has 0 amide bonds. The fourth-order valence-corrected chi connectivity index (χ4v) is 3.88. The van der Waals surface area contributed by atoms with Gasteiger partial charge in [0.05, 0.1) is 13.2 Å². The number of ketones is 1. The molecule has 168 valence electrons. The van der Waals surface area contributed by atoms with Crippen molar-refractivity contribution in [2.75, 3.05) is 13.2 Å². The number of alkyl halides is 1. The van der Waals surface area contributed by atoms with Gasteiger partial charge in [0.25, 0.3) is 0 Å². The summed E-state index contributed by atoms with van der Waals surface area (Å²) in [6.07, 6.45) is 11.4. The second-order valence-electron chi connectivity index (χ2n) is 7.88. The third-order valence-corrected chi connectivity index (χ3v) is 5.63. The molecule has 0 aromatic heterocycles. The van der Waals surface area contributed by atoms with E-state index >= 15 is 0 Å². The summed E-state index contributed by atoms with van der Waals surface area (Å²) in [6.45, 7) is 1.13. The van der Waals surface area contributed by atoms with Gasteiger partial charge in [-0.05, 0) is 38.0 Å². The second kappa shape index (κ2) is 13.8. The standard InChI is InChI=1S/C22H37FO6/c1-2-3-4-5-6-7-10-17-13-14-19(25)18(17)11-8-9-12-20(26)22(23,21(27)28)29-16-15-24/h7,10,17-18,20,24,26H,2-6,8-9,11-16H2,1H3,(H,27,28)/t17-,18+,20?,22?/m0/s1. The quantitative estimate of drug-likeness (QED) is 0.261. The highest BCUT2D eigenvalue weighted by molar-refractivity contribution is 5.83. The molecule has 0 aliphatic heterocycles. The summed E-state index contributed by atoms with van der Waals surface area (Å²) in [5.41, 5.74) is 0. The highest BCUT2D eigenvalue weighted by Gasteiger charge is 2.47. The largest absolute Gasteiger partial charge is 0.477 e. The van der Waals surface area contributed by atoms with E-state index in [9.17, 15) is 19.1 Å². The van der Waals surface area contributed by atoms with Crippen molar-refractivity contribution in [1.29, 1.82) is 0 Å². The van der Waals surface area contributed by atoms with Gasteiger partial charge in [0.15, 0.2) is 0 Å². The van der Waals surface area contributed by atoms with Crippen LogP contribution in [0.1, 0.15) is 77.6 Å². The SMILES string of the molecule is CCCCCCC=C[C@H]1CCC(=O)[C@@H]1CCCCC(O)C(F)(OCCO)C(=O)O. The number of carboxylic acids is 1. The minimum atomic E-state index is -3.23. The van der Waals surface area contributed by atoms with E-state index in [4.69, 9.17) is 10.2 Å². The Morgan fingerprint density at radius 3 is 2.72 bits per heavy atom. The van der Waals surface area contributed by atoms with Crippen LogP contribution in [0.5, 0.6) is 0 Å². The molecule has 2 unspecified atom stereocenters. The van der Waals surface area contributed by atoms with E-state index in [-0.39, 0.29) is 24.0 Å². The monoisotopic (exact) mass is 416 g/mol. The summed E-state index contributed by atoms with van der Waals surface area (Å²) in [7, 11) is 0. The van der Waals surface area contributed by atoms with Gasteiger partial charge in [-0.2, -0.15) is 4.39 Å². The van der Waals surface area contributed by atoms with Crippen LogP contribution in [0.15, 0.2) is 12.2 Å². The summed E-state index contributed by atoms with van der Waals surface area (Å²) >= 11 is 0. The van der Waals surface area contributed by atoms with Crippen LogP contribution in [0, 0.1) is 11.8 Å². The summed E-state index contributed by atoms with van der Waals surface area (Å²) in [5, 5.41) is 27.6. The molecule has 0 spiro atoms. The van der Waals surface area contributed by atoms with Gasteiger partial charge in [0, 0.05) is 12.3 Å². The molecule has 7 heteroatoms. The first-order valence-corrected chi connectivity index (χ1v) is 10.9. The average Bonchev–Trinajstić information content (AvgIpc) is 3.05. The number of ether oxygens (including phenoxy) is 1. The summed E-state index contributed by atoms with van der Waals surface area (Å²) in [6, 6.07) is 0. The van der Waals surface area contributed by atoms with Crippen molar-refractivity contribution in [3.63, 3.8) is 0 Å². The predicted molar refractivity (Wildman–Crippen MR) is 108 cm³/mol. The Labute approximate surface area is 173 Å². The molecule has 1 aliphatic carbocycles. The number of carboxylic acid groups (broad SMARTS) is 1. The van der Waals surface area contributed by atoms with Crippen molar-refractivity contribution in [2.45, 2.75) is 89.5 Å². The number of hydrogen-bond donors (Lipinski definition) is 3. The Morgan fingerprint density at radius 2 is 2.07 bits per heavy atom. The number of carbonyl (C=O) groups is 2. The molecule has 0 heterocycles. The van der Waals surface area contributed by atoms with Crippen molar-refractivity contribution < 1.29 is 34.0 Å². The maximum Gasteiger partial charge on any atom is 0.372 e. The van der Waals surface area contributed by atoms with Gasteiger partial charge >= 0.3 is 11.8 Å². The molecule has 0 bridgehead atoms. The first kappa shape index (κ1) is 25.7. The van der Waals surface area contributed by atoms with Crippen LogP contribution in [0.4, 0.5) is 4.39 Å². The van der Waals surface area contributed by atoms with Gasteiger partial charge in [0.2, 0.25) is 0 Å². The summed E-state index contributed by atoms with van der Waals surface area (Å²) < 4.78 is 18.9. The number of aliphatic hydroxyl groups is 2. The molecule has 0 aromatic rings. The number of rotatable bonds is 16. The fraction of sp³-hybridized carbons (Fsp3) is 0.818. The second-order valence-corrected chi connectivity index (χ2v) is 7.88. The molecule has 1 aliphatic rings. The highest BCUT2D eigenvalue weighted by atomic mass is 19.2. The molecular formula is C22H37FO6. The Kier molecular flexibility index (Phi) is 12.3. The lowest BCUT2D eigenvalue weighted by atomic mass is 9.89. The number of aliphatic carboxylic acids is 1. The Morgan fingerprint density at radius 1 is 1.31 bits per heavy atom. The Bertz CT molecular complexity index is 523. The number of hydrogen-bond acceptors (Lipinski definition) is 5. The number of aliphatic hydroxyl groups excluding tert-OH is 2. The van der Waals surface area contributed by atoms with E-state index in [1.165, 1.54) is 25.7 Å². The van der Waals surface area contributed by atoms with Crippen LogP contribution in [-0.2, 0) is 14.3 Å². The van der Waals surface area contributed by atoms with E-state index in [1.54, 1.807) is 0 Å². The third kappa shape index (κ3) is 8.52. The van der Waals surface area contributed by atoms with E-state index in [0.29, 0.717) is 25.7 Å². The molecular weight excluding hydrogens is 379 g/mol. The fourth-order valence-electron chi connectivity index (χ4n) is 3.88. The van der Waals surface area contributed by atoms with Crippen molar-refractivity contribution in [2.24, 2.45) is 11.8 Å². The molecule has 4 atom stereocenters. The van der Waals surface area contributed by atoms with Crippen molar-refractivity contribution >= 4 is 11.8 Å². The molecule has 0 radical (unpaired) electrons. The summed E-state index contributed by atoms with van der Waals surface area (Å²) in [4.78, 5) is 23.3. The van der Waals surface area contributed by atoms with Crippen LogP contribution < -0.4 is 0 Å². The molecule has 1 rings (SSSR count). The topological polar surface area (TPSA) is 104 Å². The van der Waals surface area contributed by atoms with Crippen LogP contribution in [0.2, 0.25) is 0 Å². The minimum Gasteiger partial charge on any atom is -0.477 e. The zero-order valence-corrected chi connectivity index (χ0v) is 17.5. The first-order chi connectivity index (χ1) is 13.9. The number of halogens is 1. The lowest BCUT2D eigenvalue weighted by molar-refractivity contribution is -0.227. The lowest BCUT2D eigenvalue weighted by Gasteiger charge is -2.26. The van der Waals surface area contributed by atoms with Gasteiger partial charge in [-0.3, -0.25) is 4.79 Å². The highest BCUT2D eigenvalue weighted by Crippen LogP contribution is 2.34. The third-order valence-electron chi connectivity index (χ3n) is 5.63. The van der Waals surface area contributed by atoms with Crippen molar-refractivity contribution in [3.05, 3.63) is 12.2 Å². The van der Waals surface area contributed by atoms with Gasteiger partial charge in [-0.25, -0.2) is 4.79 Å². The van der Waals surface area contributed by atoms with Crippen LogP contribution in [0.25, 0.3) is 0 Å². The normalized spacial score (nSPS) is 22.8. The zero-order valence-electron chi connectivity index (χ0n) is 17.5. The van der Waals surface area contributed by atoms with Crippen molar-refractivity contribution in [1.82, 2.24) is 0 Å². The van der Waals surface area contributed by atoms with Gasteiger partial charge in [0.1, 0.15) is 11.9 Å². The number of allylic oxidation sites excluding steroid dienone is 2. The smallest absolute Gasteiger partial charge is 0.372 e. The first-order valence-electron chi connectivity index (χ1n) is 10.9. The van der Waals surface area contributed by atoms with Gasteiger partial charge in [-0.15, -0.1) is 0 Å². The van der Waals surface area contributed by atoms with Gasteiger partial charge < -0.3 is 20.1 Å². The molecule has 3 N–H and O–H groups in total. The minimum absolute atomic E-state index is 0.0423. The molecule has 29 heavy (non-hydrogen) atoms. The van der Waals surface area contributed by atoms with Crippen LogP contribution in [-0.4, -0.2) is 52.2 Å². The van der Waals surface area contributed by atoms with E-state index in [2.05, 4.69) is 23.8 Å². The predicted octanol–water partition coefficient (Wildman–Crippen LogP) is 3.79. The molecule has 0 aromatic carbocycles. The summed E-state index contributed by atoms with van der Waals surface area (Å²) in [5.74, 6) is -4.68. The van der Waals surface area contributed by atoms with E-state index in [1.807, 2.05) is 0 Å². The van der Waals surface area contributed by atoms with E-state index in [0.717, 1.165) is 12.8 Å². The maximum atomic E-state index is 14.4. The Hall–Kier alpha value is -1.31. The molecule has 0 saturated heterocycles. The van der Waals surface area contributed by atoms with Crippen LogP contribution >= 0.6 is 0 Å². The van der Waals surface area contributed by atoms with Crippen molar-refractivity contribution in [3.8, 4) is 0 Å². The van der Waals surface area contributed by atoms with Crippen LogP contribution in [0.3, 0.4) is 0 Å². The molecule has 6 nitrogen and oxygen atoms in total. The number of Topliss-reactive ketones (excluding diaryl/α,β-unsaturated/α-hetero) is 1. The van der Waals surface area contributed by atoms with Gasteiger partial charge in [-0.1, -0.05) is 51.2 Å². The number of unbranched alkanes of at least 4 members (excludes halogenated alkanes) is 5. The molecule has 1 saturated carbocycles.